The number of benzene rings is 1. The average Bonchev–Trinajstić information content (AvgIpc) is 2.72. The van der Waals surface area contributed by atoms with Crippen molar-refractivity contribution >= 4 is 5.82 Å². The Morgan fingerprint density at radius 3 is 2.37 bits per heavy atom. The number of nitrogens with zero attached hydrogens (tertiary/aromatic N) is 5. The Labute approximate surface area is 160 Å². The summed E-state index contributed by atoms with van der Waals surface area (Å²) in [5, 5.41) is 0. The summed E-state index contributed by atoms with van der Waals surface area (Å²) in [7, 11) is 0. The van der Waals surface area contributed by atoms with Crippen LogP contribution in [0.3, 0.4) is 0 Å². The van der Waals surface area contributed by atoms with Crippen LogP contribution in [0, 0.1) is 13.8 Å². The molecular formula is C22H25N5. The van der Waals surface area contributed by atoms with E-state index in [-0.39, 0.29) is 0 Å². The van der Waals surface area contributed by atoms with E-state index in [0.29, 0.717) is 0 Å². The van der Waals surface area contributed by atoms with Gasteiger partial charge in [0, 0.05) is 56.4 Å². The molecule has 27 heavy (non-hydrogen) atoms. The van der Waals surface area contributed by atoms with E-state index in [2.05, 4.69) is 62.0 Å². The van der Waals surface area contributed by atoms with E-state index < -0.39 is 0 Å². The van der Waals surface area contributed by atoms with Gasteiger partial charge in [0.2, 0.25) is 0 Å². The third kappa shape index (κ3) is 3.98. The Morgan fingerprint density at radius 1 is 0.889 bits per heavy atom. The maximum Gasteiger partial charge on any atom is 0.135 e. The van der Waals surface area contributed by atoms with Crippen molar-refractivity contribution in [3.63, 3.8) is 0 Å². The molecule has 1 aliphatic rings. The first-order chi connectivity index (χ1) is 13.2. The van der Waals surface area contributed by atoms with Crippen molar-refractivity contribution in [3.8, 4) is 11.1 Å². The Kier molecular flexibility index (Phi) is 5.12. The number of piperazine rings is 1. The molecular weight excluding hydrogens is 334 g/mol. The normalized spacial score (nSPS) is 15.1. The van der Waals surface area contributed by atoms with Crippen LogP contribution < -0.4 is 4.90 Å². The second-order valence-corrected chi connectivity index (χ2v) is 7.11. The second kappa shape index (κ2) is 7.84. The molecule has 3 heterocycles. The van der Waals surface area contributed by atoms with Gasteiger partial charge in [-0.25, -0.2) is 9.97 Å². The number of hydrogen-bond donors (Lipinski definition) is 0. The molecule has 1 fully saturated rings. The molecule has 5 nitrogen and oxygen atoms in total. The maximum absolute atomic E-state index is 4.50. The first kappa shape index (κ1) is 17.6. The first-order valence-electron chi connectivity index (χ1n) is 9.45. The Hall–Kier alpha value is -2.79. The summed E-state index contributed by atoms with van der Waals surface area (Å²) in [4.78, 5) is 17.9. The highest BCUT2D eigenvalue weighted by molar-refractivity contribution is 5.62. The van der Waals surface area contributed by atoms with Crippen LogP contribution in [0.4, 0.5) is 5.82 Å². The van der Waals surface area contributed by atoms with Gasteiger partial charge in [-0.2, -0.15) is 0 Å². The number of anilines is 1. The number of aryl methyl sites for hydroxylation is 1. The number of aromatic nitrogens is 3. The lowest BCUT2D eigenvalue weighted by atomic mass is 10.1. The molecule has 3 aromatic rings. The Balaban J connectivity index is 1.36. The highest BCUT2D eigenvalue weighted by atomic mass is 15.3. The van der Waals surface area contributed by atoms with Crippen molar-refractivity contribution in [2.45, 2.75) is 20.4 Å². The molecule has 2 aromatic heterocycles. The summed E-state index contributed by atoms with van der Waals surface area (Å²) in [6.07, 6.45) is 5.39. The third-order valence-corrected chi connectivity index (χ3v) is 5.34. The van der Waals surface area contributed by atoms with E-state index in [1.165, 1.54) is 16.7 Å². The van der Waals surface area contributed by atoms with Crippen LogP contribution in [0.15, 0.2) is 55.1 Å². The van der Waals surface area contributed by atoms with E-state index in [1.807, 2.05) is 25.4 Å². The summed E-state index contributed by atoms with van der Waals surface area (Å²) in [5.74, 6) is 1.09. The molecule has 0 radical (unpaired) electrons. The minimum absolute atomic E-state index is 0.989. The van der Waals surface area contributed by atoms with E-state index in [1.54, 1.807) is 6.33 Å². The first-order valence-corrected chi connectivity index (χ1v) is 9.45. The highest BCUT2D eigenvalue weighted by Crippen LogP contribution is 2.22. The van der Waals surface area contributed by atoms with Crippen molar-refractivity contribution in [2.24, 2.45) is 0 Å². The van der Waals surface area contributed by atoms with Gasteiger partial charge in [0.15, 0.2) is 0 Å². The maximum atomic E-state index is 4.50. The molecule has 1 saturated heterocycles. The summed E-state index contributed by atoms with van der Waals surface area (Å²) in [6, 6.07) is 12.9. The van der Waals surface area contributed by atoms with E-state index in [4.69, 9.17) is 0 Å². The summed E-state index contributed by atoms with van der Waals surface area (Å²) < 4.78 is 0. The monoisotopic (exact) mass is 359 g/mol. The van der Waals surface area contributed by atoms with Gasteiger partial charge >= 0.3 is 0 Å². The largest absolute Gasteiger partial charge is 0.354 e. The molecule has 0 amide bonds. The van der Waals surface area contributed by atoms with Crippen LogP contribution >= 0.6 is 0 Å². The topological polar surface area (TPSA) is 45.2 Å². The molecule has 0 aliphatic carbocycles. The molecule has 0 spiro atoms. The van der Waals surface area contributed by atoms with Gasteiger partial charge in [-0.3, -0.25) is 9.88 Å². The van der Waals surface area contributed by atoms with Crippen LogP contribution in [0.2, 0.25) is 0 Å². The summed E-state index contributed by atoms with van der Waals surface area (Å²) >= 11 is 0. The van der Waals surface area contributed by atoms with Crippen LogP contribution in [0.1, 0.15) is 16.8 Å². The molecule has 0 atom stereocenters. The fraction of sp³-hybridized carbons (Fsp3) is 0.318. The van der Waals surface area contributed by atoms with Gasteiger partial charge < -0.3 is 4.90 Å². The van der Waals surface area contributed by atoms with Crippen molar-refractivity contribution in [3.05, 3.63) is 71.9 Å². The minimum Gasteiger partial charge on any atom is -0.354 e. The Bertz CT molecular complexity index is 884. The molecule has 0 saturated carbocycles. The van der Waals surface area contributed by atoms with Gasteiger partial charge in [-0.15, -0.1) is 0 Å². The predicted octanol–water partition coefficient (Wildman–Crippen LogP) is 3.48. The van der Waals surface area contributed by atoms with Gasteiger partial charge in [-0.1, -0.05) is 30.3 Å². The molecule has 1 aliphatic heterocycles. The third-order valence-electron chi connectivity index (χ3n) is 5.34. The van der Waals surface area contributed by atoms with E-state index in [0.717, 1.165) is 49.8 Å². The lowest BCUT2D eigenvalue weighted by molar-refractivity contribution is 0.249. The SMILES string of the molecule is Cc1ncnc(N2CCN(Cc3ccc(-c4cccnc4)cc3)CC2)c1C. The van der Waals surface area contributed by atoms with Crippen molar-refractivity contribution < 1.29 is 0 Å². The van der Waals surface area contributed by atoms with Gasteiger partial charge in [0.1, 0.15) is 12.1 Å². The zero-order chi connectivity index (χ0) is 18.6. The Morgan fingerprint density at radius 2 is 1.67 bits per heavy atom. The number of hydrogen-bond acceptors (Lipinski definition) is 5. The van der Waals surface area contributed by atoms with Crippen LogP contribution in [-0.2, 0) is 6.54 Å². The molecule has 138 valence electrons. The zero-order valence-corrected chi connectivity index (χ0v) is 16.0. The van der Waals surface area contributed by atoms with Gasteiger partial charge in [-0.05, 0) is 36.6 Å². The molecule has 0 N–H and O–H groups in total. The zero-order valence-electron chi connectivity index (χ0n) is 16.0. The minimum atomic E-state index is 0.989. The predicted molar refractivity (Wildman–Crippen MR) is 109 cm³/mol. The molecule has 1 aromatic carbocycles. The fourth-order valence-electron chi connectivity index (χ4n) is 3.56. The molecule has 0 unspecified atom stereocenters. The van der Waals surface area contributed by atoms with E-state index >= 15 is 0 Å². The average molecular weight is 359 g/mol. The van der Waals surface area contributed by atoms with Gasteiger partial charge in [0.25, 0.3) is 0 Å². The fourth-order valence-corrected chi connectivity index (χ4v) is 3.56. The van der Waals surface area contributed by atoms with Crippen molar-refractivity contribution in [2.75, 3.05) is 31.1 Å². The standard InChI is InChI=1S/C22H25N5/c1-17-18(2)24-16-25-22(17)27-12-10-26(11-13-27)15-19-5-7-20(8-6-19)21-4-3-9-23-14-21/h3-9,14,16H,10-13,15H2,1-2H3. The molecule has 0 bridgehead atoms. The smallest absolute Gasteiger partial charge is 0.135 e. The lowest BCUT2D eigenvalue weighted by Gasteiger charge is -2.36. The van der Waals surface area contributed by atoms with Gasteiger partial charge in [0.05, 0.1) is 0 Å². The number of pyridine rings is 1. The summed E-state index contributed by atoms with van der Waals surface area (Å²) in [5.41, 5.74) is 5.98. The van der Waals surface area contributed by atoms with Crippen LogP contribution in [0.5, 0.6) is 0 Å². The second-order valence-electron chi connectivity index (χ2n) is 7.11. The molecule has 5 heteroatoms. The molecule has 4 rings (SSSR count). The summed E-state index contributed by atoms with van der Waals surface area (Å²) in [6.45, 7) is 9.26. The highest BCUT2D eigenvalue weighted by Gasteiger charge is 2.20. The van der Waals surface area contributed by atoms with E-state index in [9.17, 15) is 0 Å². The van der Waals surface area contributed by atoms with Crippen LogP contribution in [0.25, 0.3) is 11.1 Å². The van der Waals surface area contributed by atoms with Crippen molar-refractivity contribution in [1.82, 2.24) is 19.9 Å². The quantitative estimate of drug-likeness (QED) is 0.714. The lowest BCUT2D eigenvalue weighted by Crippen LogP contribution is -2.46. The number of rotatable bonds is 4. The van der Waals surface area contributed by atoms with Crippen molar-refractivity contribution in [1.29, 1.82) is 0 Å². The van der Waals surface area contributed by atoms with Crippen LogP contribution in [-0.4, -0.2) is 46.0 Å².